The van der Waals surface area contributed by atoms with Gasteiger partial charge in [0.2, 0.25) is 5.91 Å². The molecule has 1 aliphatic carbocycles. The fraction of sp³-hybridized carbons (Fsp3) is 0.312. The number of allylic oxidation sites excluding steroid dienone is 3. The first-order chi connectivity index (χ1) is 10.2. The second-order valence-corrected chi connectivity index (χ2v) is 5.37. The number of carbonyl (C=O) groups excluding carboxylic acids is 1. The van der Waals surface area contributed by atoms with Crippen molar-refractivity contribution < 1.29 is 4.79 Å². The second-order valence-electron chi connectivity index (χ2n) is 5.37. The van der Waals surface area contributed by atoms with E-state index in [1.165, 1.54) is 0 Å². The highest BCUT2D eigenvalue weighted by molar-refractivity contribution is 6.07. The molecule has 0 unspecified atom stereocenters. The van der Waals surface area contributed by atoms with Gasteiger partial charge in [-0.25, -0.2) is 4.98 Å². The van der Waals surface area contributed by atoms with E-state index < -0.39 is 5.41 Å². The van der Waals surface area contributed by atoms with Crippen LogP contribution >= 0.6 is 0 Å². The van der Waals surface area contributed by atoms with Gasteiger partial charge in [0.15, 0.2) is 0 Å². The van der Waals surface area contributed by atoms with E-state index in [1.807, 2.05) is 31.5 Å². The molecule has 0 saturated carbocycles. The summed E-state index contributed by atoms with van der Waals surface area (Å²) in [5, 5.41) is 5.87. The fourth-order valence-electron chi connectivity index (χ4n) is 3.11. The summed E-state index contributed by atoms with van der Waals surface area (Å²) in [6, 6.07) is 3.86. The van der Waals surface area contributed by atoms with Crippen molar-refractivity contribution in [2.24, 2.45) is 4.99 Å². The third-order valence-corrected chi connectivity index (χ3v) is 4.13. The molecular weight excluding hydrogens is 264 g/mol. The van der Waals surface area contributed by atoms with E-state index in [4.69, 9.17) is 0 Å². The van der Waals surface area contributed by atoms with Crippen molar-refractivity contribution in [3.05, 3.63) is 47.7 Å². The SMILES string of the molecule is C=CC1=C(C=NCNC)C[C@]2(C1)C(=O)Nc1ncccc12. The minimum absolute atomic E-state index is 0.0209. The van der Waals surface area contributed by atoms with E-state index in [1.54, 1.807) is 6.20 Å². The van der Waals surface area contributed by atoms with Crippen molar-refractivity contribution in [1.29, 1.82) is 0 Å². The number of amides is 1. The van der Waals surface area contributed by atoms with Crippen molar-refractivity contribution in [1.82, 2.24) is 10.3 Å². The van der Waals surface area contributed by atoms with Gasteiger partial charge >= 0.3 is 0 Å². The molecule has 1 atom stereocenters. The van der Waals surface area contributed by atoms with E-state index in [2.05, 4.69) is 27.2 Å². The molecule has 0 radical (unpaired) electrons. The molecule has 0 fully saturated rings. The Morgan fingerprint density at radius 2 is 2.33 bits per heavy atom. The Hall–Kier alpha value is -2.27. The lowest BCUT2D eigenvalue weighted by molar-refractivity contribution is -0.120. The van der Waals surface area contributed by atoms with Gasteiger partial charge in [0, 0.05) is 18.0 Å². The normalized spacial score (nSPS) is 24.0. The molecule has 2 aliphatic rings. The number of pyridine rings is 1. The van der Waals surface area contributed by atoms with Crippen LogP contribution in [-0.4, -0.2) is 30.8 Å². The number of carbonyl (C=O) groups is 1. The van der Waals surface area contributed by atoms with Crippen molar-refractivity contribution in [2.45, 2.75) is 18.3 Å². The predicted octanol–water partition coefficient (Wildman–Crippen LogP) is 1.80. The van der Waals surface area contributed by atoms with Crippen LogP contribution in [0, 0.1) is 0 Å². The van der Waals surface area contributed by atoms with Crippen molar-refractivity contribution >= 4 is 17.9 Å². The van der Waals surface area contributed by atoms with E-state index in [9.17, 15) is 4.79 Å². The summed E-state index contributed by atoms with van der Waals surface area (Å²) in [7, 11) is 1.85. The summed E-state index contributed by atoms with van der Waals surface area (Å²) in [4.78, 5) is 21.1. The van der Waals surface area contributed by atoms with Gasteiger partial charge < -0.3 is 10.6 Å². The molecule has 0 saturated heterocycles. The number of anilines is 1. The Bertz CT molecular complexity index is 662. The molecule has 1 amide bonds. The Morgan fingerprint density at radius 1 is 1.52 bits per heavy atom. The largest absolute Gasteiger partial charge is 0.310 e. The Labute approximate surface area is 123 Å². The molecule has 2 N–H and O–H groups in total. The zero-order valence-electron chi connectivity index (χ0n) is 12.0. The fourth-order valence-corrected chi connectivity index (χ4v) is 3.11. The maximum Gasteiger partial charge on any atom is 0.237 e. The first-order valence-electron chi connectivity index (χ1n) is 6.97. The molecule has 0 bridgehead atoms. The predicted molar refractivity (Wildman–Crippen MR) is 83.4 cm³/mol. The number of fused-ring (bicyclic) bond motifs is 2. The lowest BCUT2D eigenvalue weighted by atomic mass is 9.78. The van der Waals surface area contributed by atoms with Crippen LogP contribution in [0.15, 0.2) is 47.1 Å². The first-order valence-corrected chi connectivity index (χ1v) is 6.97. The van der Waals surface area contributed by atoms with Crippen LogP contribution in [0.5, 0.6) is 0 Å². The molecule has 5 heteroatoms. The molecule has 1 aliphatic heterocycles. The van der Waals surface area contributed by atoms with Crippen molar-refractivity contribution in [3.8, 4) is 0 Å². The van der Waals surface area contributed by atoms with Crippen LogP contribution in [0.25, 0.3) is 0 Å². The summed E-state index contributed by atoms with van der Waals surface area (Å²) in [5.74, 6) is 0.701. The topological polar surface area (TPSA) is 66.4 Å². The molecule has 21 heavy (non-hydrogen) atoms. The number of nitrogens with zero attached hydrogens (tertiary/aromatic N) is 2. The zero-order valence-corrected chi connectivity index (χ0v) is 12.0. The Balaban J connectivity index is 1.96. The number of rotatable bonds is 4. The van der Waals surface area contributed by atoms with Gasteiger partial charge in [-0.05, 0) is 37.1 Å². The minimum Gasteiger partial charge on any atom is -0.310 e. The van der Waals surface area contributed by atoms with Gasteiger partial charge in [-0.1, -0.05) is 18.7 Å². The molecule has 0 aromatic carbocycles. The lowest BCUT2D eigenvalue weighted by Gasteiger charge is -2.21. The molecular formula is C16H18N4O. The maximum atomic E-state index is 12.5. The zero-order chi connectivity index (χ0) is 14.9. The van der Waals surface area contributed by atoms with E-state index in [0.29, 0.717) is 25.3 Å². The van der Waals surface area contributed by atoms with Gasteiger partial charge in [-0.3, -0.25) is 9.79 Å². The van der Waals surface area contributed by atoms with Gasteiger partial charge in [0.05, 0.1) is 12.1 Å². The maximum absolute atomic E-state index is 12.5. The Kier molecular flexibility index (Phi) is 3.43. The van der Waals surface area contributed by atoms with Crippen LogP contribution in [0.1, 0.15) is 18.4 Å². The molecule has 108 valence electrons. The van der Waals surface area contributed by atoms with Gasteiger partial charge in [0.25, 0.3) is 0 Å². The van der Waals surface area contributed by atoms with E-state index in [0.717, 1.165) is 16.7 Å². The number of aromatic nitrogens is 1. The lowest BCUT2D eigenvalue weighted by Crippen LogP contribution is -2.32. The Morgan fingerprint density at radius 3 is 3.10 bits per heavy atom. The van der Waals surface area contributed by atoms with Crippen molar-refractivity contribution in [3.63, 3.8) is 0 Å². The summed E-state index contributed by atoms with van der Waals surface area (Å²) in [5.41, 5.74) is 2.59. The molecule has 1 aromatic heterocycles. The van der Waals surface area contributed by atoms with Crippen LogP contribution < -0.4 is 10.6 Å². The van der Waals surface area contributed by atoms with Gasteiger partial charge in [0.1, 0.15) is 5.82 Å². The molecule has 1 aromatic rings. The number of nitrogens with one attached hydrogen (secondary N) is 2. The van der Waals surface area contributed by atoms with Crippen LogP contribution in [0.2, 0.25) is 0 Å². The van der Waals surface area contributed by atoms with Crippen LogP contribution in [0.3, 0.4) is 0 Å². The molecule has 1 spiro atoms. The summed E-state index contributed by atoms with van der Waals surface area (Å²) in [6.45, 7) is 4.44. The van der Waals surface area contributed by atoms with Gasteiger partial charge in [-0.2, -0.15) is 0 Å². The second kappa shape index (κ2) is 5.26. The quantitative estimate of drug-likeness (QED) is 0.828. The standard InChI is InChI=1S/C16H18N4O/c1-3-11-7-16(8-12(11)9-18-10-17-2)13-5-4-6-19-14(13)20-15(16)21/h3-6,9,17H,1,7-8,10H2,2H3,(H,19,20,21)/t16-/m0/s1. The summed E-state index contributed by atoms with van der Waals surface area (Å²) in [6.07, 6.45) is 6.68. The van der Waals surface area contributed by atoms with E-state index in [-0.39, 0.29) is 5.91 Å². The van der Waals surface area contributed by atoms with Crippen molar-refractivity contribution in [2.75, 3.05) is 19.0 Å². The third-order valence-electron chi connectivity index (χ3n) is 4.13. The number of hydrogen-bond acceptors (Lipinski definition) is 4. The highest BCUT2D eigenvalue weighted by Crippen LogP contribution is 2.50. The summed E-state index contributed by atoms with van der Waals surface area (Å²) >= 11 is 0. The smallest absolute Gasteiger partial charge is 0.237 e. The van der Waals surface area contributed by atoms with Gasteiger partial charge in [-0.15, -0.1) is 0 Å². The number of hydrogen-bond donors (Lipinski definition) is 2. The minimum atomic E-state index is -0.548. The van der Waals surface area contributed by atoms with E-state index >= 15 is 0 Å². The highest BCUT2D eigenvalue weighted by Gasteiger charge is 2.51. The third kappa shape index (κ3) is 2.10. The average Bonchev–Trinajstić information content (AvgIpc) is 3.00. The average molecular weight is 282 g/mol. The van der Waals surface area contributed by atoms with Crippen LogP contribution in [0.4, 0.5) is 5.82 Å². The number of aliphatic imine (C=N–C) groups is 1. The molecule has 2 heterocycles. The highest BCUT2D eigenvalue weighted by atomic mass is 16.2. The monoisotopic (exact) mass is 282 g/mol. The van der Waals surface area contributed by atoms with Crippen LogP contribution in [-0.2, 0) is 10.2 Å². The summed E-state index contributed by atoms with van der Waals surface area (Å²) < 4.78 is 0. The first kappa shape index (κ1) is 13.7. The molecule has 5 nitrogen and oxygen atoms in total. The molecule has 3 rings (SSSR count).